The van der Waals surface area contributed by atoms with Gasteiger partial charge in [-0.05, 0) is 27.2 Å². The maximum absolute atomic E-state index is 12.9. The van der Waals surface area contributed by atoms with Gasteiger partial charge in [-0.15, -0.1) is 0 Å². The number of nitrogens with zero attached hydrogens (tertiary/aromatic N) is 4. The van der Waals surface area contributed by atoms with Crippen LogP contribution in [-0.2, 0) is 11.8 Å². The average molecular weight is 319 g/mol. The zero-order valence-electron chi connectivity index (χ0n) is 14.8. The molecule has 3 rings (SSSR count). The van der Waals surface area contributed by atoms with E-state index >= 15 is 0 Å². The molecule has 2 fully saturated rings. The molecule has 0 spiro atoms. The van der Waals surface area contributed by atoms with Crippen molar-refractivity contribution in [3.8, 4) is 0 Å². The van der Waals surface area contributed by atoms with Crippen molar-refractivity contribution in [2.75, 3.05) is 39.3 Å². The Balaban J connectivity index is 1.66. The number of carbonyl (C=O) groups excluding carboxylic acids is 1. The molecule has 3 heterocycles. The van der Waals surface area contributed by atoms with Gasteiger partial charge in [0.15, 0.2) is 0 Å². The van der Waals surface area contributed by atoms with Crippen LogP contribution in [0.25, 0.3) is 0 Å². The van der Waals surface area contributed by atoms with Gasteiger partial charge < -0.3 is 10.2 Å². The molecule has 1 aromatic rings. The predicted octanol–water partition coefficient (Wildman–Crippen LogP) is 0.647. The molecule has 0 radical (unpaired) electrons. The van der Waals surface area contributed by atoms with Crippen molar-refractivity contribution in [3.05, 3.63) is 17.0 Å². The van der Waals surface area contributed by atoms with E-state index in [1.54, 1.807) is 0 Å². The molecule has 1 N–H and O–H groups in total. The Hall–Kier alpha value is -1.40. The highest BCUT2D eigenvalue weighted by Gasteiger charge is 2.34. The summed E-state index contributed by atoms with van der Waals surface area (Å²) >= 11 is 0. The van der Waals surface area contributed by atoms with Gasteiger partial charge in [-0.25, -0.2) is 0 Å². The van der Waals surface area contributed by atoms with Gasteiger partial charge in [0.2, 0.25) is 5.91 Å². The molecule has 6 heteroatoms. The van der Waals surface area contributed by atoms with Crippen LogP contribution in [-0.4, -0.2) is 70.8 Å². The summed E-state index contributed by atoms with van der Waals surface area (Å²) in [7, 11) is 1.94. The van der Waals surface area contributed by atoms with E-state index in [-0.39, 0.29) is 11.8 Å². The first-order chi connectivity index (χ1) is 11.0. The number of rotatable bonds is 3. The summed E-state index contributed by atoms with van der Waals surface area (Å²) < 4.78 is 1.88. The SMILES string of the molecule is Cc1nn(C)c(C)c1C(C)C(=O)N1CCC(N2CCNCC2)C1. The molecule has 2 atom stereocenters. The normalized spacial score (nSPS) is 24.2. The fraction of sp³-hybridized carbons (Fsp3) is 0.765. The summed E-state index contributed by atoms with van der Waals surface area (Å²) in [5.74, 6) is 0.146. The summed E-state index contributed by atoms with van der Waals surface area (Å²) in [4.78, 5) is 17.5. The van der Waals surface area contributed by atoms with Crippen LogP contribution in [0.2, 0.25) is 0 Å². The van der Waals surface area contributed by atoms with E-state index in [0.717, 1.165) is 62.6 Å². The Kier molecular flexibility index (Phi) is 4.73. The van der Waals surface area contributed by atoms with E-state index in [9.17, 15) is 4.79 Å². The van der Waals surface area contributed by atoms with Crippen molar-refractivity contribution in [1.29, 1.82) is 0 Å². The van der Waals surface area contributed by atoms with Crippen LogP contribution in [0, 0.1) is 13.8 Å². The highest BCUT2D eigenvalue weighted by atomic mass is 16.2. The molecule has 1 amide bonds. The predicted molar refractivity (Wildman–Crippen MR) is 90.5 cm³/mol. The zero-order chi connectivity index (χ0) is 16.6. The molecule has 2 aliphatic heterocycles. The van der Waals surface area contributed by atoms with Gasteiger partial charge in [0.05, 0.1) is 11.6 Å². The molecule has 6 nitrogen and oxygen atoms in total. The zero-order valence-corrected chi connectivity index (χ0v) is 14.8. The molecule has 2 aliphatic rings. The molecule has 1 aromatic heterocycles. The van der Waals surface area contributed by atoms with E-state index in [0.29, 0.717) is 6.04 Å². The van der Waals surface area contributed by atoms with Crippen LogP contribution >= 0.6 is 0 Å². The summed E-state index contributed by atoms with van der Waals surface area (Å²) in [6, 6.07) is 0.532. The van der Waals surface area contributed by atoms with Crippen LogP contribution in [0.5, 0.6) is 0 Å². The van der Waals surface area contributed by atoms with Crippen molar-refractivity contribution >= 4 is 5.91 Å². The fourth-order valence-corrected chi connectivity index (χ4v) is 4.10. The smallest absolute Gasteiger partial charge is 0.230 e. The second kappa shape index (κ2) is 6.61. The van der Waals surface area contributed by atoms with Gasteiger partial charge in [0, 0.05) is 63.6 Å². The number of aromatic nitrogens is 2. The molecule has 0 bridgehead atoms. The number of hydrogen-bond donors (Lipinski definition) is 1. The van der Waals surface area contributed by atoms with E-state index < -0.39 is 0 Å². The van der Waals surface area contributed by atoms with E-state index in [1.807, 2.05) is 32.5 Å². The van der Waals surface area contributed by atoms with Gasteiger partial charge >= 0.3 is 0 Å². The summed E-state index contributed by atoms with van der Waals surface area (Å²) in [6.45, 7) is 12.2. The lowest BCUT2D eigenvalue weighted by Gasteiger charge is -2.32. The highest BCUT2D eigenvalue weighted by Crippen LogP contribution is 2.27. The highest BCUT2D eigenvalue weighted by molar-refractivity contribution is 5.84. The van der Waals surface area contributed by atoms with Gasteiger partial charge in [0.1, 0.15) is 0 Å². The molecule has 2 saturated heterocycles. The minimum absolute atomic E-state index is 0.106. The van der Waals surface area contributed by atoms with Crippen molar-refractivity contribution in [1.82, 2.24) is 24.9 Å². The molecule has 23 heavy (non-hydrogen) atoms. The number of carbonyl (C=O) groups is 1. The van der Waals surface area contributed by atoms with Crippen molar-refractivity contribution in [2.24, 2.45) is 7.05 Å². The standard InChI is InChI=1S/C17H29N5O/c1-12(16-13(2)19-20(4)14(16)3)17(23)22-8-5-15(11-22)21-9-6-18-7-10-21/h12,15,18H,5-11H2,1-4H3. The van der Waals surface area contributed by atoms with Crippen LogP contribution < -0.4 is 5.32 Å². The quantitative estimate of drug-likeness (QED) is 0.889. The number of likely N-dealkylation sites (tertiary alicyclic amines) is 1. The first-order valence-electron chi connectivity index (χ1n) is 8.72. The Morgan fingerprint density at radius 3 is 2.57 bits per heavy atom. The largest absolute Gasteiger partial charge is 0.341 e. The lowest BCUT2D eigenvalue weighted by atomic mass is 9.98. The number of piperazine rings is 1. The molecular weight excluding hydrogens is 290 g/mol. The van der Waals surface area contributed by atoms with Crippen LogP contribution in [0.15, 0.2) is 0 Å². The Bertz CT molecular complexity index is 576. The van der Waals surface area contributed by atoms with Gasteiger partial charge in [-0.3, -0.25) is 14.4 Å². The Morgan fingerprint density at radius 2 is 1.96 bits per heavy atom. The number of hydrogen-bond acceptors (Lipinski definition) is 4. The van der Waals surface area contributed by atoms with Crippen molar-refractivity contribution < 1.29 is 4.79 Å². The van der Waals surface area contributed by atoms with Crippen LogP contribution in [0.3, 0.4) is 0 Å². The summed E-state index contributed by atoms with van der Waals surface area (Å²) in [5, 5.41) is 7.86. The summed E-state index contributed by atoms with van der Waals surface area (Å²) in [5.41, 5.74) is 3.17. The monoisotopic (exact) mass is 319 g/mol. The third-order valence-corrected chi connectivity index (χ3v) is 5.51. The number of aryl methyl sites for hydroxylation is 2. The minimum Gasteiger partial charge on any atom is -0.341 e. The second-order valence-corrected chi connectivity index (χ2v) is 6.94. The van der Waals surface area contributed by atoms with Crippen LogP contribution in [0.4, 0.5) is 0 Å². The molecule has 0 aliphatic carbocycles. The first kappa shape index (κ1) is 16.5. The lowest BCUT2D eigenvalue weighted by Crippen LogP contribution is -2.49. The maximum Gasteiger partial charge on any atom is 0.230 e. The molecule has 0 saturated carbocycles. The van der Waals surface area contributed by atoms with Gasteiger partial charge in [-0.2, -0.15) is 5.10 Å². The van der Waals surface area contributed by atoms with Crippen LogP contribution in [0.1, 0.15) is 36.2 Å². The average Bonchev–Trinajstić information content (AvgIpc) is 3.13. The molecule has 2 unspecified atom stereocenters. The third-order valence-electron chi connectivity index (χ3n) is 5.51. The first-order valence-corrected chi connectivity index (χ1v) is 8.72. The minimum atomic E-state index is -0.106. The van der Waals surface area contributed by atoms with Gasteiger partial charge in [-0.1, -0.05) is 0 Å². The van der Waals surface area contributed by atoms with Gasteiger partial charge in [0.25, 0.3) is 0 Å². The van der Waals surface area contributed by atoms with Crippen molar-refractivity contribution in [3.63, 3.8) is 0 Å². The number of nitrogens with one attached hydrogen (secondary N) is 1. The van der Waals surface area contributed by atoms with E-state index in [2.05, 4.69) is 20.2 Å². The Morgan fingerprint density at radius 1 is 1.26 bits per heavy atom. The lowest BCUT2D eigenvalue weighted by molar-refractivity contribution is -0.131. The summed E-state index contributed by atoms with van der Waals surface area (Å²) in [6.07, 6.45) is 1.10. The third kappa shape index (κ3) is 3.15. The second-order valence-electron chi connectivity index (χ2n) is 6.94. The molecule has 128 valence electrons. The molecule has 0 aromatic carbocycles. The van der Waals surface area contributed by atoms with E-state index in [1.165, 1.54) is 0 Å². The maximum atomic E-state index is 12.9. The number of amides is 1. The molecular formula is C17H29N5O. The Labute approximate surface area is 138 Å². The van der Waals surface area contributed by atoms with E-state index in [4.69, 9.17) is 0 Å². The topological polar surface area (TPSA) is 53.4 Å². The van der Waals surface area contributed by atoms with Crippen molar-refractivity contribution in [2.45, 2.75) is 39.2 Å². The fourth-order valence-electron chi connectivity index (χ4n) is 4.10.